The second-order valence-corrected chi connectivity index (χ2v) is 13.7. The molecular weight excluding hydrogens is 669 g/mol. The molecule has 0 atom stereocenters. The Labute approximate surface area is 319 Å². The van der Waals surface area contributed by atoms with Crippen LogP contribution in [-0.2, 0) is 0 Å². The van der Waals surface area contributed by atoms with E-state index in [9.17, 15) is 0 Å². The Hall–Kier alpha value is -7.43. The van der Waals surface area contributed by atoms with Crippen LogP contribution in [0.1, 0.15) is 0 Å². The van der Waals surface area contributed by atoms with Gasteiger partial charge in [0.15, 0.2) is 5.82 Å². The van der Waals surface area contributed by atoms with Gasteiger partial charge < -0.3 is 0 Å². The van der Waals surface area contributed by atoms with Crippen LogP contribution in [0.15, 0.2) is 206 Å². The van der Waals surface area contributed by atoms with Crippen molar-refractivity contribution in [3.63, 3.8) is 0 Å². The Morgan fingerprint density at radius 3 is 1.51 bits per heavy atom. The van der Waals surface area contributed by atoms with Crippen molar-refractivity contribution in [2.45, 2.75) is 0 Å². The second-order valence-electron chi connectivity index (χ2n) is 13.7. The number of nitrogens with zero attached hydrogens (tertiary/aromatic N) is 4. The number of rotatable bonds is 7. The van der Waals surface area contributed by atoms with Gasteiger partial charge in [-0.25, -0.2) is 14.5 Å². The van der Waals surface area contributed by atoms with Crippen molar-refractivity contribution in [3.8, 4) is 78.7 Å². The SMILES string of the molecule is c1ccc(-c2cc(-c3cccc(-c4ccc5cc(-c6ccccc6)n6nc(-c7ccccc7)c(-c7ccccc7)c6c5c4)c3)nc(-c3ccccc3)n2)cc1. The Morgan fingerprint density at radius 1 is 0.345 bits per heavy atom. The molecule has 0 aliphatic heterocycles. The van der Waals surface area contributed by atoms with Gasteiger partial charge in [0, 0.05) is 38.8 Å². The van der Waals surface area contributed by atoms with Crippen LogP contribution >= 0.6 is 0 Å². The first-order chi connectivity index (χ1) is 27.3. The molecule has 55 heavy (non-hydrogen) atoms. The average Bonchev–Trinajstić information content (AvgIpc) is 3.69. The fourth-order valence-electron chi connectivity index (χ4n) is 7.53. The van der Waals surface area contributed by atoms with Crippen LogP contribution in [0.5, 0.6) is 0 Å². The summed E-state index contributed by atoms with van der Waals surface area (Å²) >= 11 is 0. The van der Waals surface area contributed by atoms with E-state index in [2.05, 4.69) is 174 Å². The van der Waals surface area contributed by atoms with E-state index in [0.717, 1.165) is 89.1 Å². The van der Waals surface area contributed by atoms with Crippen LogP contribution in [0, 0.1) is 0 Å². The molecular formula is C51H34N4. The standard InChI is InChI=1S/C51H34N4/c1-6-17-35(18-7-1)45-34-46(53-51(52-45)39-25-14-5-15-26-39)43-28-16-27-40(31-43)41-29-30-42-33-47(36-19-8-2-9-20-36)55-50(44(42)32-41)48(37-21-10-3-11-22-37)49(54-55)38-23-12-4-13-24-38/h1-34H. The largest absolute Gasteiger partial charge is 0.231 e. The number of hydrogen-bond acceptors (Lipinski definition) is 3. The molecule has 3 aromatic heterocycles. The third-order valence-corrected chi connectivity index (χ3v) is 10.2. The average molecular weight is 703 g/mol. The minimum atomic E-state index is 0.702. The Kier molecular flexibility index (Phi) is 8.12. The Bertz CT molecular complexity index is 2880. The number of aromatic nitrogens is 4. The lowest BCUT2D eigenvalue weighted by atomic mass is 9.94. The van der Waals surface area contributed by atoms with Gasteiger partial charge in [-0.05, 0) is 46.3 Å². The van der Waals surface area contributed by atoms with E-state index in [0.29, 0.717) is 5.82 Å². The highest BCUT2D eigenvalue weighted by molar-refractivity contribution is 6.09. The predicted molar refractivity (Wildman–Crippen MR) is 226 cm³/mol. The van der Waals surface area contributed by atoms with Crippen LogP contribution in [-0.4, -0.2) is 19.6 Å². The summed E-state index contributed by atoms with van der Waals surface area (Å²) in [6, 6.07) is 72.1. The molecule has 10 aromatic rings. The number of fused-ring (bicyclic) bond motifs is 3. The molecule has 3 heterocycles. The minimum absolute atomic E-state index is 0.702. The molecule has 0 aliphatic rings. The molecule has 4 nitrogen and oxygen atoms in total. The van der Waals surface area contributed by atoms with Crippen molar-refractivity contribution in [2.24, 2.45) is 0 Å². The monoisotopic (exact) mass is 702 g/mol. The first-order valence-corrected chi connectivity index (χ1v) is 18.5. The third kappa shape index (κ3) is 6.06. The normalized spacial score (nSPS) is 11.3. The lowest BCUT2D eigenvalue weighted by Crippen LogP contribution is -1.96. The third-order valence-electron chi connectivity index (χ3n) is 10.2. The minimum Gasteiger partial charge on any atom is -0.231 e. The zero-order chi connectivity index (χ0) is 36.6. The van der Waals surface area contributed by atoms with Crippen molar-refractivity contribution in [2.75, 3.05) is 0 Å². The zero-order valence-electron chi connectivity index (χ0n) is 29.9. The van der Waals surface area contributed by atoms with E-state index in [1.54, 1.807) is 0 Å². The van der Waals surface area contributed by atoms with Gasteiger partial charge in [-0.3, -0.25) is 0 Å². The highest BCUT2D eigenvalue weighted by atomic mass is 15.2. The first-order valence-electron chi connectivity index (χ1n) is 18.5. The topological polar surface area (TPSA) is 43.1 Å². The molecule has 0 unspecified atom stereocenters. The van der Waals surface area contributed by atoms with Crippen LogP contribution in [0.25, 0.3) is 95.0 Å². The summed E-state index contributed by atoms with van der Waals surface area (Å²) in [5, 5.41) is 7.70. The van der Waals surface area contributed by atoms with Gasteiger partial charge in [-0.2, -0.15) is 5.10 Å². The molecule has 7 aromatic carbocycles. The maximum Gasteiger partial charge on any atom is 0.160 e. The zero-order valence-corrected chi connectivity index (χ0v) is 29.9. The van der Waals surface area contributed by atoms with Crippen LogP contribution < -0.4 is 0 Å². The molecule has 0 radical (unpaired) electrons. The van der Waals surface area contributed by atoms with Gasteiger partial charge in [-0.15, -0.1) is 0 Å². The number of hydrogen-bond donors (Lipinski definition) is 0. The smallest absolute Gasteiger partial charge is 0.160 e. The van der Waals surface area contributed by atoms with Crippen LogP contribution in [0.2, 0.25) is 0 Å². The molecule has 4 heteroatoms. The van der Waals surface area contributed by atoms with Gasteiger partial charge in [-0.1, -0.05) is 182 Å². The summed E-state index contributed by atoms with van der Waals surface area (Å²) in [5.41, 5.74) is 14.6. The van der Waals surface area contributed by atoms with Gasteiger partial charge in [0.25, 0.3) is 0 Å². The van der Waals surface area contributed by atoms with E-state index >= 15 is 0 Å². The molecule has 0 fully saturated rings. The molecule has 0 spiro atoms. The fraction of sp³-hybridized carbons (Fsp3) is 0. The lowest BCUT2D eigenvalue weighted by molar-refractivity contribution is 0.979. The van der Waals surface area contributed by atoms with Gasteiger partial charge in [0.05, 0.1) is 22.6 Å². The van der Waals surface area contributed by atoms with E-state index in [4.69, 9.17) is 15.1 Å². The molecule has 0 N–H and O–H groups in total. The van der Waals surface area contributed by atoms with Gasteiger partial charge in [0.1, 0.15) is 5.69 Å². The summed E-state index contributed by atoms with van der Waals surface area (Å²) < 4.78 is 2.15. The van der Waals surface area contributed by atoms with Crippen molar-refractivity contribution in [3.05, 3.63) is 206 Å². The molecule has 0 saturated heterocycles. The number of benzene rings is 7. The van der Waals surface area contributed by atoms with Crippen molar-refractivity contribution < 1.29 is 0 Å². The van der Waals surface area contributed by atoms with E-state index in [-0.39, 0.29) is 0 Å². The number of pyridine rings is 1. The van der Waals surface area contributed by atoms with E-state index in [1.165, 1.54) is 0 Å². The summed E-state index contributed by atoms with van der Waals surface area (Å²) in [4.78, 5) is 10.1. The maximum atomic E-state index is 5.41. The lowest BCUT2D eigenvalue weighted by Gasteiger charge is -2.13. The summed E-state index contributed by atoms with van der Waals surface area (Å²) in [5.74, 6) is 0.702. The highest BCUT2D eigenvalue weighted by Crippen LogP contribution is 2.42. The molecule has 0 aliphatic carbocycles. The van der Waals surface area contributed by atoms with Gasteiger partial charge in [0.2, 0.25) is 0 Å². The molecule has 0 saturated carbocycles. The quantitative estimate of drug-likeness (QED) is 0.166. The van der Waals surface area contributed by atoms with Crippen molar-refractivity contribution >= 4 is 16.3 Å². The fourth-order valence-corrected chi connectivity index (χ4v) is 7.53. The summed E-state index contributed by atoms with van der Waals surface area (Å²) in [6.45, 7) is 0. The van der Waals surface area contributed by atoms with Crippen LogP contribution in [0.3, 0.4) is 0 Å². The molecule has 0 amide bonds. The Balaban J connectivity index is 1.19. The van der Waals surface area contributed by atoms with Crippen molar-refractivity contribution in [1.29, 1.82) is 0 Å². The van der Waals surface area contributed by atoms with E-state index < -0.39 is 0 Å². The second kappa shape index (κ2) is 13.8. The van der Waals surface area contributed by atoms with Gasteiger partial charge >= 0.3 is 0 Å². The molecule has 0 bridgehead atoms. The maximum absolute atomic E-state index is 5.41. The predicted octanol–water partition coefficient (Wildman–Crippen LogP) is 12.9. The van der Waals surface area contributed by atoms with Crippen molar-refractivity contribution in [1.82, 2.24) is 19.6 Å². The van der Waals surface area contributed by atoms with Crippen LogP contribution in [0.4, 0.5) is 0 Å². The first kappa shape index (κ1) is 32.2. The Morgan fingerprint density at radius 2 is 0.855 bits per heavy atom. The molecule has 258 valence electrons. The highest BCUT2D eigenvalue weighted by Gasteiger charge is 2.22. The summed E-state index contributed by atoms with van der Waals surface area (Å²) in [6.07, 6.45) is 0. The molecule has 10 rings (SSSR count). The summed E-state index contributed by atoms with van der Waals surface area (Å²) in [7, 11) is 0. The van der Waals surface area contributed by atoms with E-state index in [1.807, 2.05) is 36.4 Å².